The number of nitrogens with zero attached hydrogens (tertiary/aromatic N) is 2. The second-order valence-electron chi connectivity index (χ2n) is 9.05. The second kappa shape index (κ2) is 9.26. The molecule has 5 nitrogen and oxygen atoms in total. The number of rotatable bonds is 4. The van der Waals surface area contributed by atoms with Gasteiger partial charge < -0.3 is 14.5 Å². The van der Waals surface area contributed by atoms with E-state index in [1.807, 2.05) is 59.5 Å². The number of carbonyl (C=O) groups excluding carboxylic acids is 2. The molecule has 5 rings (SSSR count). The first-order valence-corrected chi connectivity index (χ1v) is 11.9. The van der Waals surface area contributed by atoms with Gasteiger partial charge in [0.2, 0.25) is 5.91 Å². The third kappa shape index (κ3) is 4.08. The second-order valence-corrected chi connectivity index (χ2v) is 9.05. The predicted octanol–water partition coefficient (Wildman–Crippen LogP) is 5.06. The maximum Gasteiger partial charge on any atom is 0.254 e. The zero-order valence-electron chi connectivity index (χ0n) is 19.1. The molecule has 0 aliphatic carbocycles. The van der Waals surface area contributed by atoms with Crippen LogP contribution < -0.4 is 4.74 Å². The van der Waals surface area contributed by atoms with Crippen molar-refractivity contribution >= 4 is 22.6 Å². The topological polar surface area (TPSA) is 49.9 Å². The summed E-state index contributed by atoms with van der Waals surface area (Å²) in [4.78, 5) is 31.0. The van der Waals surface area contributed by atoms with Crippen LogP contribution in [0.4, 0.5) is 0 Å². The van der Waals surface area contributed by atoms with Gasteiger partial charge in [-0.3, -0.25) is 9.59 Å². The Hall–Kier alpha value is -3.34. The average molecular weight is 443 g/mol. The van der Waals surface area contributed by atoms with Crippen molar-refractivity contribution in [2.24, 2.45) is 5.92 Å². The Kier molecular flexibility index (Phi) is 6.03. The Morgan fingerprint density at radius 3 is 2.36 bits per heavy atom. The van der Waals surface area contributed by atoms with Crippen LogP contribution >= 0.6 is 0 Å². The molecule has 2 heterocycles. The molecule has 2 amide bonds. The van der Waals surface area contributed by atoms with Crippen molar-refractivity contribution in [3.63, 3.8) is 0 Å². The molecule has 2 fully saturated rings. The maximum atomic E-state index is 13.6. The van der Waals surface area contributed by atoms with Gasteiger partial charge in [0.05, 0.1) is 19.1 Å². The van der Waals surface area contributed by atoms with Crippen molar-refractivity contribution in [2.75, 3.05) is 26.7 Å². The summed E-state index contributed by atoms with van der Waals surface area (Å²) in [6, 6.07) is 22.0. The fourth-order valence-electron chi connectivity index (χ4n) is 5.46. The Balaban J connectivity index is 1.36. The lowest BCUT2D eigenvalue weighted by Gasteiger charge is -2.36. The number of carbonyl (C=O) groups is 2. The third-order valence-electron chi connectivity index (χ3n) is 7.11. The highest BCUT2D eigenvalue weighted by molar-refractivity contribution is 6.08. The quantitative estimate of drug-likeness (QED) is 0.567. The van der Waals surface area contributed by atoms with Crippen molar-refractivity contribution in [2.45, 2.75) is 31.7 Å². The first-order valence-electron chi connectivity index (χ1n) is 11.9. The summed E-state index contributed by atoms with van der Waals surface area (Å²) in [5.41, 5.74) is 1.87. The van der Waals surface area contributed by atoms with E-state index in [9.17, 15) is 9.59 Å². The van der Waals surface area contributed by atoms with Gasteiger partial charge >= 0.3 is 0 Å². The highest BCUT2D eigenvalue weighted by Gasteiger charge is 2.37. The zero-order valence-corrected chi connectivity index (χ0v) is 19.1. The van der Waals surface area contributed by atoms with Crippen LogP contribution in [0.2, 0.25) is 0 Å². The molecule has 2 aliphatic rings. The molecule has 0 N–H and O–H groups in total. The van der Waals surface area contributed by atoms with E-state index in [1.54, 1.807) is 7.11 Å². The fraction of sp³-hybridized carbons (Fsp3) is 0.357. The Morgan fingerprint density at radius 2 is 1.58 bits per heavy atom. The van der Waals surface area contributed by atoms with E-state index < -0.39 is 0 Å². The van der Waals surface area contributed by atoms with Crippen LogP contribution in [-0.4, -0.2) is 48.4 Å². The molecule has 0 radical (unpaired) electrons. The van der Waals surface area contributed by atoms with Gasteiger partial charge in [0.25, 0.3) is 5.91 Å². The maximum absolute atomic E-state index is 13.6. The summed E-state index contributed by atoms with van der Waals surface area (Å²) in [5.74, 6) is 0.803. The molecule has 2 aliphatic heterocycles. The minimum atomic E-state index is -0.142. The smallest absolute Gasteiger partial charge is 0.254 e. The van der Waals surface area contributed by atoms with Gasteiger partial charge in [0.15, 0.2) is 0 Å². The molecule has 3 aromatic rings. The number of ether oxygens (including phenoxy) is 1. The lowest BCUT2D eigenvalue weighted by atomic mass is 9.94. The molecule has 3 aromatic carbocycles. The minimum Gasteiger partial charge on any atom is -0.496 e. The Bertz CT molecular complexity index is 1160. The zero-order chi connectivity index (χ0) is 22.8. The van der Waals surface area contributed by atoms with E-state index in [4.69, 9.17) is 4.74 Å². The van der Waals surface area contributed by atoms with Crippen molar-refractivity contribution in [1.29, 1.82) is 0 Å². The fourth-order valence-corrected chi connectivity index (χ4v) is 5.46. The van der Waals surface area contributed by atoms with Crippen molar-refractivity contribution in [1.82, 2.24) is 9.80 Å². The third-order valence-corrected chi connectivity index (χ3v) is 7.11. The number of hydrogen-bond acceptors (Lipinski definition) is 3. The van der Waals surface area contributed by atoms with E-state index >= 15 is 0 Å². The van der Waals surface area contributed by atoms with E-state index in [-0.39, 0.29) is 23.8 Å². The molecule has 0 spiro atoms. The number of amides is 2. The number of hydrogen-bond donors (Lipinski definition) is 0. The van der Waals surface area contributed by atoms with E-state index in [0.717, 1.165) is 48.8 Å². The van der Waals surface area contributed by atoms with Gasteiger partial charge in [0, 0.05) is 30.6 Å². The molecular weight excluding hydrogens is 412 g/mol. The van der Waals surface area contributed by atoms with Gasteiger partial charge in [-0.15, -0.1) is 0 Å². The number of methoxy groups -OCH3 is 1. The van der Waals surface area contributed by atoms with E-state index in [1.165, 1.54) is 5.56 Å². The molecule has 0 bridgehead atoms. The molecule has 0 saturated carbocycles. The largest absolute Gasteiger partial charge is 0.496 e. The SMILES string of the molecule is COc1ccc(C(=O)N2CCCC(C(=O)N3CCCC3c3ccccc3)C2)c2ccccc12. The monoisotopic (exact) mass is 442 g/mol. The molecular formula is C28H30N2O3. The lowest BCUT2D eigenvalue weighted by Crippen LogP contribution is -2.46. The normalized spacial score (nSPS) is 20.8. The van der Waals surface area contributed by atoms with Crippen LogP contribution in [-0.2, 0) is 4.79 Å². The Labute approximate surface area is 194 Å². The van der Waals surface area contributed by atoms with Crippen molar-refractivity contribution in [3.05, 3.63) is 77.9 Å². The molecule has 33 heavy (non-hydrogen) atoms. The van der Waals surface area contributed by atoms with E-state index in [0.29, 0.717) is 18.7 Å². The van der Waals surface area contributed by atoms with Crippen molar-refractivity contribution < 1.29 is 14.3 Å². The van der Waals surface area contributed by atoms with Gasteiger partial charge in [-0.1, -0.05) is 54.6 Å². The first kappa shape index (κ1) is 21.5. The van der Waals surface area contributed by atoms with Crippen LogP contribution in [0.5, 0.6) is 5.75 Å². The molecule has 5 heteroatoms. The summed E-state index contributed by atoms with van der Waals surface area (Å²) in [5, 5.41) is 1.82. The number of benzene rings is 3. The first-order chi connectivity index (χ1) is 16.2. The van der Waals surface area contributed by atoms with Crippen molar-refractivity contribution in [3.8, 4) is 5.75 Å². The highest BCUT2D eigenvalue weighted by atomic mass is 16.5. The number of fused-ring (bicyclic) bond motifs is 1. The summed E-state index contributed by atoms with van der Waals surface area (Å²) in [7, 11) is 1.64. The van der Waals surface area contributed by atoms with Crippen LogP contribution in [0, 0.1) is 5.92 Å². The molecule has 0 aromatic heterocycles. The number of likely N-dealkylation sites (tertiary alicyclic amines) is 2. The van der Waals surface area contributed by atoms with E-state index in [2.05, 4.69) is 17.0 Å². The summed E-state index contributed by atoms with van der Waals surface area (Å²) in [6.07, 6.45) is 3.71. The molecule has 2 saturated heterocycles. The van der Waals surface area contributed by atoms with Crippen LogP contribution in [0.25, 0.3) is 10.8 Å². The molecule has 2 unspecified atom stereocenters. The minimum absolute atomic E-state index is 0.00705. The molecule has 2 atom stereocenters. The highest BCUT2D eigenvalue weighted by Crippen LogP contribution is 2.35. The van der Waals surface area contributed by atoms with Gasteiger partial charge in [-0.05, 0) is 48.8 Å². The van der Waals surface area contributed by atoms with Gasteiger partial charge in [-0.2, -0.15) is 0 Å². The van der Waals surface area contributed by atoms with Gasteiger partial charge in [0.1, 0.15) is 5.75 Å². The van der Waals surface area contributed by atoms with Crippen LogP contribution in [0.3, 0.4) is 0 Å². The average Bonchev–Trinajstić information content (AvgIpc) is 3.38. The summed E-state index contributed by atoms with van der Waals surface area (Å²) >= 11 is 0. The summed E-state index contributed by atoms with van der Waals surface area (Å²) in [6.45, 7) is 1.97. The van der Waals surface area contributed by atoms with Gasteiger partial charge in [-0.25, -0.2) is 0 Å². The van der Waals surface area contributed by atoms with Crippen LogP contribution in [0.15, 0.2) is 66.7 Å². The lowest BCUT2D eigenvalue weighted by molar-refractivity contribution is -0.137. The standard InChI is InChI=1S/C28H30N2O3/c1-33-26-16-15-24(22-12-5-6-13-23(22)26)28(32)29-17-7-11-21(19-29)27(31)30-18-8-14-25(30)20-9-3-2-4-10-20/h2-6,9-10,12-13,15-16,21,25H,7-8,11,14,17-19H2,1H3. The van der Waals surface area contributed by atoms with Crippen LogP contribution in [0.1, 0.15) is 47.6 Å². The molecule has 170 valence electrons. The number of piperidine rings is 1. The Morgan fingerprint density at radius 1 is 0.848 bits per heavy atom. The predicted molar refractivity (Wildman–Crippen MR) is 129 cm³/mol. The summed E-state index contributed by atoms with van der Waals surface area (Å²) < 4.78 is 5.48.